The Hall–Kier alpha value is -2.84. The van der Waals surface area contributed by atoms with Crippen molar-refractivity contribution in [1.29, 1.82) is 0 Å². The third kappa shape index (κ3) is 5.16. The predicted molar refractivity (Wildman–Crippen MR) is 103 cm³/mol. The molecule has 1 saturated heterocycles. The molecule has 1 amide bonds. The van der Waals surface area contributed by atoms with Crippen LogP contribution in [-0.4, -0.2) is 46.5 Å². The van der Waals surface area contributed by atoms with Gasteiger partial charge in [0.25, 0.3) is 5.56 Å². The number of piperazine rings is 1. The minimum Gasteiger partial charge on any atom is -0.368 e. The number of hydrogen-bond acceptors (Lipinski definition) is 4. The summed E-state index contributed by atoms with van der Waals surface area (Å²) in [5.41, 5.74) is 0.237. The van der Waals surface area contributed by atoms with Gasteiger partial charge in [-0.05, 0) is 24.6 Å². The molecule has 1 aromatic heterocycles. The van der Waals surface area contributed by atoms with Gasteiger partial charge in [0.1, 0.15) is 6.54 Å². The van der Waals surface area contributed by atoms with Gasteiger partial charge in [-0.15, -0.1) is 0 Å². The fourth-order valence-electron chi connectivity index (χ4n) is 3.31. The van der Waals surface area contributed by atoms with Gasteiger partial charge in [-0.2, -0.15) is 13.2 Å². The molecule has 29 heavy (non-hydrogen) atoms. The molecule has 1 aliphatic rings. The van der Waals surface area contributed by atoms with Crippen LogP contribution in [0.25, 0.3) is 0 Å². The van der Waals surface area contributed by atoms with Crippen LogP contribution in [0.5, 0.6) is 0 Å². The largest absolute Gasteiger partial charge is 0.416 e. The number of hydrogen-bond donors (Lipinski definition) is 0. The van der Waals surface area contributed by atoms with Crippen LogP contribution in [0.3, 0.4) is 0 Å². The lowest BCUT2D eigenvalue weighted by Crippen LogP contribution is -2.50. The average molecular weight is 408 g/mol. The number of rotatable bonds is 5. The van der Waals surface area contributed by atoms with Crippen molar-refractivity contribution in [2.75, 3.05) is 31.1 Å². The second kappa shape index (κ2) is 8.67. The average Bonchev–Trinajstić information content (AvgIpc) is 2.70. The molecule has 1 fully saturated rings. The van der Waals surface area contributed by atoms with Crippen molar-refractivity contribution >= 4 is 11.6 Å². The van der Waals surface area contributed by atoms with E-state index in [0.29, 0.717) is 44.0 Å². The van der Waals surface area contributed by atoms with Gasteiger partial charge in [-0.1, -0.05) is 19.4 Å². The summed E-state index contributed by atoms with van der Waals surface area (Å²) in [5.74, 6) is -0.208. The number of benzene rings is 1. The van der Waals surface area contributed by atoms with E-state index in [2.05, 4.69) is 4.98 Å². The topological polar surface area (TPSA) is 58.4 Å². The van der Waals surface area contributed by atoms with E-state index in [0.717, 1.165) is 18.6 Å². The number of nitrogens with zero attached hydrogens (tertiary/aromatic N) is 4. The molecule has 1 aliphatic heterocycles. The summed E-state index contributed by atoms with van der Waals surface area (Å²) in [7, 11) is 0. The molecule has 156 valence electrons. The van der Waals surface area contributed by atoms with Crippen molar-refractivity contribution in [3.8, 4) is 0 Å². The summed E-state index contributed by atoms with van der Waals surface area (Å²) in [4.78, 5) is 32.3. The van der Waals surface area contributed by atoms with Crippen molar-refractivity contribution in [2.24, 2.45) is 0 Å². The van der Waals surface area contributed by atoms with E-state index >= 15 is 0 Å². The van der Waals surface area contributed by atoms with Crippen LogP contribution < -0.4 is 10.5 Å². The van der Waals surface area contributed by atoms with E-state index in [9.17, 15) is 22.8 Å². The second-order valence-corrected chi connectivity index (χ2v) is 7.01. The Morgan fingerprint density at radius 2 is 1.86 bits per heavy atom. The Morgan fingerprint density at radius 1 is 1.14 bits per heavy atom. The smallest absolute Gasteiger partial charge is 0.368 e. The van der Waals surface area contributed by atoms with E-state index in [4.69, 9.17) is 0 Å². The fourth-order valence-corrected chi connectivity index (χ4v) is 3.31. The van der Waals surface area contributed by atoms with Gasteiger partial charge in [0, 0.05) is 43.6 Å². The summed E-state index contributed by atoms with van der Waals surface area (Å²) in [6.07, 6.45) is -1.40. The highest BCUT2D eigenvalue weighted by atomic mass is 19.4. The van der Waals surface area contributed by atoms with Gasteiger partial charge in [0.2, 0.25) is 5.91 Å². The van der Waals surface area contributed by atoms with Crippen LogP contribution >= 0.6 is 0 Å². The zero-order chi connectivity index (χ0) is 21.0. The molecule has 0 N–H and O–H groups in total. The lowest BCUT2D eigenvalue weighted by atomic mass is 10.1. The maximum Gasteiger partial charge on any atom is 0.416 e. The molecule has 1 aromatic carbocycles. The van der Waals surface area contributed by atoms with Gasteiger partial charge in [0.05, 0.1) is 11.9 Å². The molecule has 9 heteroatoms. The molecule has 3 rings (SSSR count). The molecule has 0 unspecified atom stereocenters. The first-order valence-corrected chi connectivity index (χ1v) is 9.53. The minimum atomic E-state index is -4.39. The standard InChI is InChI=1S/C20H23F3N4O2/c1-2-4-16-12-18(28)27(14-24-16)13-19(29)26-9-7-25(8-10-26)17-6-3-5-15(11-17)20(21,22)23/h3,5-6,11-12,14H,2,4,7-10,13H2,1H3. The third-order valence-electron chi connectivity index (χ3n) is 4.92. The van der Waals surface area contributed by atoms with Crippen molar-refractivity contribution < 1.29 is 18.0 Å². The van der Waals surface area contributed by atoms with E-state index < -0.39 is 11.7 Å². The highest BCUT2D eigenvalue weighted by Crippen LogP contribution is 2.31. The monoisotopic (exact) mass is 408 g/mol. The first kappa shape index (κ1) is 20.9. The Bertz CT molecular complexity index is 918. The lowest BCUT2D eigenvalue weighted by molar-refractivity contribution is -0.137. The van der Waals surface area contributed by atoms with E-state index in [1.54, 1.807) is 11.0 Å². The number of aromatic nitrogens is 2. The molecule has 0 atom stereocenters. The maximum atomic E-state index is 12.9. The maximum absolute atomic E-state index is 12.9. The van der Waals surface area contributed by atoms with Crippen molar-refractivity contribution in [1.82, 2.24) is 14.5 Å². The molecule has 2 aromatic rings. The van der Waals surface area contributed by atoms with Gasteiger partial charge in [-0.3, -0.25) is 14.2 Å². The number of carbonyl (C=O) groups excluding carboxylic acids is 1. The molecule has 0 saturated carbocycles. The van der Waals surface area contributed by atoms with Crippen molar-refractivity contribution in [3.63, 3.8) is 0 Å². The quantitative estimate of drug-likeness (QED) is 0.763. The predicted octanol–water partition coefficient (Wildman–Crippen LogP) is 2.56. The molecular weight excluding hydrogens is 385 g/mol. The Morgan fingerprint density at radius 3 is 2.48 bits per heavy atom. The summed E-state index contributed by atoms with van der Waals surface area (Å²) < 4.78 is 40.0. The molecule has 0 spiro atoms. The number of halogens is 3. The van der Waals surface area contributed by atoms with Crippen LogP contribution in [0.4, 0.5) is 18.9 Å². The number of aryl methyl sites for hydroxylation is 1. The summed E-state index contributed by atoms with van der Waals surface area (Å²) >= 11 is 0. The highest BCUT2D eigenvalue weighted by molar-refractivity contribution is 5.76. The molecule has 6 nitrogen and oxygen atoms in total. The zero-order valence-corrected chi connectivity index (χ0v) is 16.2. The Kier molecular flexibility index (Phi) is 6.24. The number of anilines is 1. The van der Waals surface area contributed by atoms with Gasteiger partial charge >= 0.3 is 6.18 Å². The number of carbonyl (C=O) groups is 1. The third-order valence-corrected chi connectivity index (χ3v) is 4.92. The molecule has 2 heterocycles. The van der Waals surface area contributed by atoms with Crippen LogP contribution in [0, 0.1) is 0 Å². The van der Waals surface area contributed by atoms with E-state index in [-0.39, 0.29) is 18.0 Å². The lowest BCUT2D eigenvalue weighted by Gasteiger charge is -2.36. The molecule has 0 radical (unpaired) electrons. The van der Waals surface area contributed by atoms with Crippen LogP contribution in [0.15, 0.2) is 41.5 Å². The van der Waals surface area contributed by atoms with E-state index in [1.807, 2.05) is 11.8 Å². The first-order valence-electron chi connectivity index (χ1n) is 9.53. The van der Waals surface area contributed by atoms with Gasteiger partial charge in [-0.25, -0.2) is 4.98 Å². The molecular formula is C20H23F3N4O2. The van der Waals surface area contributed by atoms with Crippen LogP contribution in [0.1, 0.15) is 24.6 Å². The van der Waals surface area contributed by atoms with Gasteiger partial charge in [0.15, 0.2) is 0 Å². The summed E-state index contributed by atoms with van der Waals surface area (Å²) in [6, 6.07) is 6.64. The highest BCUT2D eigenvalue weighted by Gasteiger charge is 2.31. The molecule has 0 aliphatic carbocycles. The number of amides is 1. The summed E-state index contributed by atoms with van der Waals surface area (Å²) in [6.45, 7) is 3.51. The molecule has 0 bridgehead atoms. The Balaban J connectivity index is 1.59. The second-order valence-electron chi connectivity index (χ2n) is 7.01. The zero-order valence-electron chi connectivity index (χ0n) is 16.2. The van der Waals surface area contributed by atoms with E-state index in [1.165, 1.54) is 23.0 Å². The van der Waals surface area contributed by atoms with Gasteiger partial charge < -0.3 is 9.80 Å². The van der Waals surface area contributed by atoms with Crippen LogP contribution in [-0.2, 0) is 23.9 Å². The first-order chi connectivity index (χ1) is 13.8. The Labute approximate surface area is 166 Å². The van der Waals surface area contributed by atoms with Crippen molar-refractivity contribution in [2.45, 2.75) is 32.5 Å². The summed E-state index contributed by atoms with van der Waals surface area (Å²) in [5, 5.41) is 0. The van der Waals surface area contributed by atoms with Crippen molar-refractivity contribution in [3.05, 3.63) is 58.3 Å². The fraction of sp³-hybridized carbons (Fsp3) is 0.450. The minimum absolute atomic E-state index is 0.0954. The normalized spacial score (nSPS) is 14.9. The SMILES string of the molecule is CCCc1cc(=O)n(CC(=O)N2CCN(c3cccc(C(F)(F)F)c3)CC2)cn1. The van der Waals surface area contributed by atoms with Crippen LogP contribution in [0.2, 0.25) is 0 Å². The number of alkyl halides is 3.